The van der Waals surface area contributed by atoms with Crippen LogP contribution in [0.1, 0.15) is 35.7 Å². The van der Waals surface area contributed by atoms with Crippen LogP contribution in [0.3, 0.4) is 0 Å². The first kappa shape index (κ1) is 13.8. The molecule has 108 valence electrons. The van der Waals surface area contributed by atoms with E-state index >= 15 is 0 Å². The van der Waals surface area contributed by atoms with E-state index < -0.39 is 0 Å². The summed E-state index contributed by atoms with van der Waals surface area (Å²) >= 11 is 0. The second kappa shape index (κ2) is 5.66. The average molecular weight is 281 g/mol. The number of fused-ring (bicyclic) bond motifs is 1. The lowest BCUT2D eigenvalue weighted by molar-refractivity contribution is 0.470. The normalized spacial score (nSPS) is 12.7. The maximum atomic E-state index is 5.99. The van der Waals surface area contributed by atoms with E-state index in [0.717, 1.165) is 34.7 Å². The van der Waals surface area contributed by atoms with Crippen molar-refractivity contribution in [2.45, 2.75) is 26.8 Å². The standard InChI is InChI=1S/C17H19N3O/c1-4-18-17(14-10-19-12(3)9-20-14)16-8-13-7-11(2)5-6-15(13)21-16/h5-10,17-18H,4H2,1-3H3. The Hall–Kier alpha value is -2.20. The summed E-state index contributed by atoms with van der Waals surface area (Å²) in [6.45, 7) is 6.92. The first-order valence-corrected chi connectivity index (χ1v) is 7.19. The van der Waals surface area contributed by atoms with Crippen LogP contribution in [0.2, 0.25) is 0 Å². The van der Waals surface area contributed by atoms with Gasteiger partial charge >= 0.3 is 0 Å². The van der Waals surface area contributed by atoms with Gasteiger partial charge in [-0.05, 0) is 38.6 Å². The minimum absolute atomic E-state index is 0.0733. The maximum Gasteiger partial charge on any atom is 0.134 e. The number of aromatic nitrogens is 2. The zero-order valence-corrected chi connectivity index (χ0v) is 12.6. The highest BCUT2D eigenvalue weighted by Gasteiger charge is 2.19. The summed E-state index contributed by atoms with van der Waals surface area (Å²) in [5.41, 5.74) is 3.91. The molecule has 0 fully saturated rings. The number of nitrogens with zero attached hydrogens (tertiary/aromatic N) is 2. The fourth-order valence-electron chi connectivity index (χ4n) is 2.43. The van der Waals surface area contributed by atoms with Gasteiger partial charge in [-0.2, -0.15) is 0 Å². The fraction of sp³-hybridized carbons (Fsp3) is 0.294. The lowest BCUT2D eigenvalue weighted by atomic mass is 10.1. The van der Waals surface area contributed by atoms with Crippen LogP contribution in [-0.2, 0) is 0 Å². The second-order valence-corrected chi connectivity index (χ2v) is 5.26. The van der Waals surface area contributed by atoms with E-state index in [-0.39, 0.29) is 6.04 Å². The molecule has 0 bridgehead atoms. The number of hydrogen-bond acceptors (Lipinski definition) is 4. The van der Waals surface area contributed by atoms with Crippen molar-refractivity contribution < 1.29 is 4.42 Å². The highest BCUT2D eigenvalue weighted by Crippen LogP contribution is 2.27. The van der Waals surface area contributed by atoms with E-state index in [0.29, 0.717) is 0 Å². The fourth-order valence-corrected chi connectivity index (χ4v) is 2.43. The van der Waals surface area contributed by atoms with Crippen LogP contribution in [0, 0.1) is 13.8 Å². The molecule has 1 unspecified atom stereocenters. The van der Waals surface area contributed by atoms with Crippen molar-refractivity contribution in [2.24, 2.45) is 0 Å². The highest BCUT2D eigenvalue weighted by atomic mass is 16.3. The zero-order chi connectivity index (χ0) is 14.8. The van der Waals surface area contributed by atoms with Crippen molar-refractivity contribution in [3.63, 3.8) is 0 Å². The molecule has 2 heterocycles. The molecule has 0 saturated carbocycles. The van der Waals surface area contributed by atoms with Crippen LogP contribution in [0.5, 0.6) is 0 Å². The lowest BCUT2D eigenvalue weighted by Crippen LogP contribution is -2.22. The van der Waals surface area contributed by atoms with Gasteiger partial charge in [0, 0.05) is 11.6 Å². The molecule has 1 N–H and O–H groups in total. The number of rotatable bonds is 4. The average Bonchev–Trinajstić information content (AvgIpc) is 2.88. The Bertz CT molecular complexity index is 746. The predicted octanol–water partition coefficient (Wildman–Crippen LogP) is 3.54. The zero-order valence-electron chi connectivity index (χ0n) is 12.6. The molecular weight excluding hydrogens is 262 g/mol. The van der Waals surface area contributed by atoms with Crippen LogP contribution < -0.4 is 5.32 Å². The van der Waals surface area contributed by atoms with E-state index in [9.17, 15) is 0 Å². The maximum absolute atomic E-state index is 5.99. The van der Waals surface area contributed by atoms with Gasteiger partial charge in [0.05, 0.1) is 17.6 Å². The van der Waals surface area contributed by atoms with Gasteiger partial charge in [0.15, 0.2) is 0 Å². The van der Waals surface area contributed by atoms with Gasteiger partial charge < -0.3 is 9.73 Å². The quantitative estimate of drug-likeness (QED) is 0.794. The van der Waals surface area contributed by atoms with E-state index in [2.05, 4.69) is 47.3 Å². The summed E-state index contributed by atoms with van der Waals surface area (Å²) in [4.78, 5) is 8.81. The molecule has 4 heteroatoms. The van der Waals surface area contributed by atoms with Crippen molar-refractivity contribution in [1.82, 2.24) is 15.3 Å². The third-order valence-electron chi connectivity index (χ3n) is 3.48. The smallest absolute Gasteiger partial charge is 0.134 e. The summed E-state index contributed by atoms with van der Waals surface area (Å²) < 4.78 is 5.99. The van der Waals surface area contributed by atoms with Gasteiger partial charge in [-0.25, -0.2) is 0 Å². The molecule has 0 saturated heterocycles. The second-order valence-electron chi connectivity index (χ2n) is 5.26. The van der Waals surface area contributed by atoms with Crippen molar-refractivity contribution in [3.05, 3.63) is 59.4 Å². The molecule has 21 heavy (non-hydrogen) atoms. The van der Waals surface area contributed by atoms with Crippen LogP contribution in [0.15, 0.2) is 41.1 Å². The van der Waals surface area contributed by atoms with Gasteiger partial charge in [-0.15, -0.1) is 0 Å². The molecular formula is C17H19N3O. The molecule has 0 spiro atoms. The molecule has 3 rings (SSSR count). The van der Waals surface area contributed by atoms with Crippen LogP contribution in [0.4, 0.5) is 0 Å². The van der Waals surface area contributed by atoms with Crippen LogP contribution >= 0.6 is 0 Å². The summed E-state index contributed by atoms with van der Waals surface area (Å²) in [5.74, 6) is 0.871. The monoisotopic (exact) mass is 281 g/mol. The molecule has 0 radical (unpaired) electrons. The number of furan rings is 1. The minimum Gasteiger partial charge on any atom is -0.459 e. The molecule has 0 aliphatic heterocycles. The first-order chi connectivity index (χ1) is 10.2. The number of nitrogens with one attached hydrogen (secondary N) is 1. The van der Waals surface area contributed by atoms with Gasteiger partial charge in [0.2, 0.25) is 0 Å². The number of hydrogen-bond donors (Lipinski definition) is 1. The molecule has 2 aromatic heterocycles. The molecule has 3 aromatic rings. The van der Waals surface area contributed by atoms with Crippen molar-refractivity contribution in [3.8, 4) is 0 Å². The van der Waals surface area contributed by atoms with Crippen molar-refractivity contribution in [2.75, 3.05) is 6.54 Å². The van der Waals surface area contributed by atoms with Gasteiger partial charge in [-0.3, -0.25) is 9.97 Å². The Balaban J connectivity index is 2.04. The highest BCUT2D eigenvalue weighted by molar-refractivity contribution is 5.78. The third-order valence-corrected chi connectivity index (χ3v) is 3.48. The van der Waals surface area contributed by atoms with Crippen LogP contribution in [0.25, 0.3) is 11.0 Å². The van der Waals surface area contributed by atoms with Gasteiger partial charge in [0.1, 0.15) is 17.4 Å². The van der Waals surface area contributed by atoms with Crippen molar-refractivity contribution >= 4 is 11.0 Å². The summed E-state index contributed by atoms with van der Waals surface area (Å²) in [5, 5.41) is 4.53. The molecule has 0 aliphatic carbocycles. The predicted molar refractivity (Wildman–Crippen MR) is 83.2 cm³/mol. The van der Waals surface area contributed by atoms with E-state index in [1.807, 2.05) is 13.0 Å². The number of benzene rings is 1. The molecule has 4 nitrogen and oxygen atoms in total. The summed E-state index contributed by atoms with van der Waals surface area (Å²) in [6.07, 6.45) is 3.59. The molecule has 1 aromatic carbocycles. The van der Waals surface area contributed by atoms with Crippen LogP contribution in [-0.4, -0.2) is 16.5 Å². The molecule has 1 atom stereocenters. The summed E-state index contributed by atoms with van der Waals surface area (Å²) in [6, 6.07) is 8.21. The van der Waals surface area contributed by atoms with Gasteiger partial charge in [0.25, 0.3) is 0 Å². The third kappa shape index (κ3) is 2.81. The van der Waals surface area contributed by atoms with E-state index in [4.69, 9.17) is 4.42 Å². The first-order valence-electron chi connectivity index (χ1n) is 7.19. The number of aryl methyl sites for hydroxylation is 2. The molecule has 0 aliphatic rings. The molecule has 0 amide bonds. The Kier molecular flexibility index (Phi) is 3.71. The Morgan fingerprint density at radius 1 is 1.14 bits per heavy atom. The lowest BCUT2D eigenvalue weighted by Gasteiger charge is -2.14. The van der Waals surface area contributed by atoms with Crippen molar-refractivity contribution in [1.29, 1.82) is 0 Å². The Labute approximate surface area is 124 Å². The van der Waals surface area contributed by atoms with E-state index in [1.54, 1.807) is 12.4 Å². The van der Waals surface area contributed by atoms with Gasteiger partial charge in [-0.1, -0.05) is 18.6 Å². The van der Waals surface area contributed by atoms with E-state index in [1.165, 1.54) is 5.56 Å². The minimum atomic E-state index is -0.0733. The SMILES string of the molecule is CCNC(c1cnc(C)cn1)c1cc2cc(C)ccc2o1. The largest absolute Gasteiger partial charge is 0.459 e. The Morgan fingerprint density at radius 2 is 2.00 bits per heavy atom. The topological polar surface area (TPSA) is 51.0 Å². The summed E-state index contributed by atoms with van der Waals surface area (Å²) in [7, 11) is 0. The Morgan fingerprint density at radius 3 is 2.71 bits per heavy atom.